The van der Waals surface area contributed by atoms with E-state index in [1.54, 1.807) is 6.20 Å². The number of H-pyrrole nitrogens is 2. The minimum atomic E-state index is -0.308. The molecule has 6 heterocycles. The van der Waals surface area contributed by atoms with E-state index in [0.717, 1.165) is 98.5 Å². The molecule has 268 valence electrons. The van der Waals surface area contributed by atoms with Crippen LogP contribution in [0.2, 0.25) is 0 Å². The van der Waals surface area contributed by atoms with Gasteiger partial charge in [-0.2, -0.15) is 5.10 Å². The van der Waals surface area contributed by atoms with Crippen molar-refractivity contribution in [1.82, 2.24) is 35.3 Å². The van der Waals surface area contributed by atoms with Crippen molar-refractivity contribution in [1.29, 1.82) is 0 Å². The maximum Gasteiger partial charge on any atom is 0.254 e. The largest absolute Gasteiger partial charge is 0.357 e. The number of rotatable bonds is 6. The molecular formula is C40H50N8O3. The number of pyridine rings is 1. The molecule has 3 amide bonds. The van der Waals surface area contributed by atoms with E-state index in [4.69, 9.17) is 10.1 Å². The molecule has 3 N–H and O–H groups in total. The summed E-state index contributed by atoms with van der Waals surface area (Å²) in [6.07, 6.45) is 8.07. The topological polar surface area (TPSA) is 130 Å². The van der Waals surface area contributed by atoms with Crippen LogP contribution in [-0.2, 0) is 22.4 Å². The van der Waals surface area contributed by atoms with Crippen molar-refractivity contribution in [3.05, 3.63) is 65.0 Å². The monoisotopic (exact) mass is 690 g/mol. The lowest BCUT2D eigenvalue weighted by molar-refractivity contribution is -0.134. The smallest absolute Gasteiger partial charge is 0.254 e. The van der Waals surface area contributed by atoms with Gasteiger partial charge in [-0.3, -0.25) is 29.7 Å². The van der Waals surface area contributed by atoms with Crippen molar-refractivity contribution < 1.29 is 14.4 Å². The molecule has 3 saturated heterocycles. The van der Waals surface area contributed by atoms with E-state index in [1.807, 2.05) is 24.3 Å². The SMILES string of the molecule is CC1(C)CCc2c(-c3cc4ccc(C(=O)N5CCN(CC6CCN(c7ccc(C8CCC(=O)NC8=O)cn7)CC6)CC5(C)C)cc4[nH]3)n[nH]c2C1. The van der Waals surface area contributed by atoms with E-state index < -0.39 is 0 Å². The summed E-state index contributed by atoms with van der Waals surface area (Å²) >= 11 is 0. The molecule has 0 saturated carbocycles. The number of imide groups is 1. The zero-order valence-electron chi connectivity index (χ0n) is 30.3. The van der Waals surface area contributed by atoms with Crippen LogP contribution in [-0.4, -0.2) is 92.5 Å². The Balaban J connectivity index is 0.858. The normalized spacial score (nSPS) is 22.6. The van der Waals surface area contributed by atoms with Crippen LogP contribution in [0, 0.1) is 11.3 Å². The van der Waals surface area contributed by atoms with Crippen LogP contribution >= 0.6 is 0 Å². The number of nitrogens with zero attached hydrogens (tertiary/aromatic N) is 5. The zero-order chi connectivity index (χ0) is 35.5. The van der Waals surface area contributed by atoms with E-state index in [2.05, 4.69) is 69.9 Å². The zero-order valence-corrected chi connectivity index (χ0v) is 30.3. The first kappa shape index (κ1) is 33.6. The fourth-order valence-corrected chi connectivity index (χ4v) is 8.91. The molecule has 11 heteroatoms. The van der Waals surface area contributed by atoms with Crippen LogP contribution in [0.1, 0.15) is 92.9 Å². The number of aromatic nitrogens is 4. The second kappa shape index (κ2) is 12.9. The standard InChI is InChI=1S/C40H50N8O3/c1-39(2)14-11-30-33(21-39)44-45-36(30)32-19-26-5-6-27(20-31(26)42-32)38(51)48-18-17-46(24-40(48,3)4)23-25-12-15-47(16-13-25)34-9-7-28(22-41-34)29-8-10-35(49)43-37(29)50/h5-7,9,19-20,22,25,29,42H,8,10-18,21,23-24H2,1-4H3,(H,44,45)(H,43,49,50). The summed E-state index contributed by atoms with van der Waals surface area (Å²) in [6.45, 7) is 14.4. The summed E-state index contributed by atoms with van der Waals surface area (Å²) in [6, 6.07) is 12.2. The maximum absolute atomic E-state index is 14.0. The number of piperidine rings is 2. The van der Waals surface area contributed by atoms with Crippen LogP contribution in [0.3, 0.4) is 0 Å². The molecule has 0 radical (unpaired) electrons. The number of aromatic amines is 2. The molecule has 0 spiro atoms. The van der Waals surface area contributed by atoms with Gasteiger partial charge in [0.25, 0.3) is 5.91 Å². The quantitative estimate of drug-likeness (QED) is 0.230. The summed E-state index contributed by atoms with van der Waals surface area (Å²) in [5.41, 5.74) is 7.12. The van der Waals surface area contributed by atoms with Gasteiger partial charge in [0, 0.05) is 79.6 Å². The van der Waals surface area contributed by atoms with Crippen molar-refractivity contribution in [2.75, 3.05) is 44.2 Å². The van der Waals surface area contributed by atoms with E-state index in [1.165, 1.54) is 11.3 Å². The van der Waals surface area contributed by atoms with Gasteiger partial charge in [-0.25, -0.2) is 4.98 Å². The number of carbonyl (C=O) groups excluding carboxylic acids is 3. The minimum Gasteiger partial charge on any atom is -0.357 e. The lowest BCUT2D eigenvalue weighted by Crippen LogP contribution is -2.61. The van der Waals surface area contributed by atoms with Crippen LogP contribution in [0.5, 0.6) is 0 Å². The second-order valence-corrected chi connectivity index (χ2v) is 16.7. The third kappa shape index (κ3) is 6.68. The van der Waals surface area contributed by atoms with Crippen LogP contribution < -0.4 is 10.2 Å². The second-order valence-electron chi connectivity index (χ2n) is 16.7. The van der Waals surface area contributed by atoms with E-state index >= 15 is 0 Å². The van der Waals surface area contributed by atoms with Gasteiger partial charge in [0.15, 0.2) is 0 Å². The first-order valence-electron chi connectivity index (χ1n) is 18.7. The van der Waals surface area contributed by atoms with Crippen molar-refractivity contribution in [2.24, 2.45) is 11.3 Å². The Morgan fingerprint density at radius 3 is 2.53 bits per heavy atom. The Bertz CT molecular complexity index is 1970. The molecule has 3 aromatic heterocycles. The number of piperazine rings is 1. The Morgan fingerprint density at radius 1 is 0.961 bits per heavy atom. The number of fused-ring (bicyclic) bond motifs is 2. The van der Waals surface area contributed by atoms with Gasteiger partial charge in [-0.05, 0) is 93.5 Å². The summed E-state index contributed by atoms with van der Waals surface area (Å²) in [5.74, 6) is 0.888. The van der Waals surface area contributed by atoms with Gasteiger partial charge in [-0.15, -0.1) is 0 Å². The van der Waals surface area contributed by atoms with Crippen LogP contribution in [0.4, 0.5) is 5.82 Å². The molecule has 0 bridgehead atoms. The van der Waals surface area contributed by atoms with Gasteiger partial charge in [0.1, 0.15) is 11.5 Å². The first-order chi connectivity index (χ1) is 24.4. The van der Waals surface area contributed by atoms with Crippen LogP contribution in [0.25, 0.3) is 22.3 Å². The number of hydrogen-bond donors (Lipinski definition) is 3. The van der Waals surface area contributed by atoms with Crippen molar-refractivity contribution >= 4 is 34.4 Å². The van der Waals surface area contributed by atoms with Crippen molar-refractivity contribution in [2.45, 2.75) is 84.1 Å². The molecule has 4 aromatic rings. The minimum absolute atomic E-state index is 0.0847. The van der Waals surface area contributed by atoms with Crippen molar-refractivity contribution in [3.8, 4) is 11.4 Å². The average Bonchev–Trinajstić information content (AvgIpc) is 3.71. The predicted molar refractivity (Wildman–Crippen MR) is 198 cm³/mol. The number of anilines is 1. The third-order valence-corrected chi connectivity index (χ3v) is 11.9. The molecule has 8 rings (SSSR count). The van der Waals surface area contributed by atoms with E-state index in [0.29, 0.717) is 36.3 Å². The molecule has 4 aliphatic rings. The Kier molecular flexibility index (Phi) is 8.52. The number of carbonyl (C=O) groups is 3. The molecular weight excluding hydrogens is 640 g/mol. The highest BCUT2D eigenvalue weighted by Gasteiger charge is 2.38. The summed E-state index contributed by atoms with van der Waals surface area (Å²) in [7, 11) is 0. The van der Waals surface area contributed by atoms with Gasteiger partial charge in [0.05, 0.1) is 17.2 Å². The molecule has 1 unspecified atom stereocenters. The first-order valence-corrected chi connectivity index (χ1v) is 18.7. The Labute approximate surface area is 299 Å². The Hall–Kier alpha value is -4.51. The van der Waals surface area contributed by atoms with Crippen LogP contribution in [0.15, 0.2) is 42.6 Å². The summed E-state index contributed by atoms with van der Waals surface area (Å²) in [4.78, 5) is 53.0. The fraction of sp³-hybridized carbons (Fsp3) is 0.525. The van der Waals surface area contributed by atoms with Gasteiger partial charge in [-0.1, -0.05) is 26.0 Å². The fourth-order valence-electron chi connectivity index (χ4n) is 8.91. The molecule has 1 aromatic carbocycles. The average molecular weight is 691 g/mol. The molecule has 11 nitrogen and oxygen atoms in total. The Morgan fingerprint density at radius 2 is 1.78 bits per heavy atom. The highest BCUT2D eigenvalue weighted by atomic mass is 16.2. The molecule has 3 fully saturated rings. The third-order valence-electron chi connectivity index (χ3n) is 11.9. The highest BCUT2D eigenvalue weighted by molar-refractivity contribution is 6.01. The number of nitrogens with one attached hydrogen (secondary N) is 3. The number of hydrogen-bond acceptors (Lipinski definition) is 7. The van der Waals surface area contributed by atoms with E-state index in [-0.39, 0.29) is 29.2 Å². The van der Waals surface area contributed by atoms with Gasteiger partial charge in [0.2, 0.25) is 11.8 Å². The highest BCUT2D eigenvalue weighted by Crippen LogP contribution is 2.38. The maximum atomic E-state index is 14.0. The van der Waals surface area contributed by atoms with Gasteiger partial charge < -0.3 is 14.8 Å². The lowest BCUT2D eigenvalue weighted by atomic mass is 9.76. The molecule has 1 atom stereocenters. The van der Waals surface area contributed by atoms with E-state index in [9.17, 15) is 14.4 Å². The molecule has 3 aliphatic heterocycles. The number of benzene rings is 1. The summed E-state index contributed by atoms with van der Waals surface area (Å²) in [5, 5.41) is 11.5. The predicted octanol–water partition coefficient (Wildman–Crippen LogP) is 5.44. The van der Waals surface area contributed by atoms with Crippen molar-refractivity contribution in [3.63, 3.8) is 0 Å². The summed E-state index contributed by atoms with van der Waals surface area (Å²) < 4.78 is 0. The molecule has 51 heavy (non-hydrogen) atoms. The van der Waals surface area contributed by atoms with Gasteiger partial charge >= 0.3 is 0 Å². The molecule has 1 aliphatic carbocycles. The lowest BCUT2D eigenvalue weighted by Gasteiger charge is -2.48. The number of amides is 3.